The molecule has 0 radical (unpaired) electrons. The molecule has 4 heteroatoms. The lowest BCUT2D eigenvalue weighted by Gasteiger charge is -2.21. The minimum atomic E-state index is -0.223. The number of urea groups is 1. The van der Waals surface area contributed by atoms with Crippen LogP contribution < -0.4 is 0 Å². The number of amides is 2. The molecule has 1 heterocycles. The molecule has 0 aliphatic carbocycles. The molecule has 102 valence electrons. The highest BCUT2D eigenvalue weighted by Crippen LogP contribution is 2.23. The summed E-state index contributed by atoms with van der Waals surface area (Å²) in [4.78, 5) is 13.1. The second-order valence-corrected chi connectivity index (χ2v) is 5.92. The van der Waals surface area contributed by atoms with Gasteiger partial charge in [0.05, 0.1) is 0 Å². The van der Waals surface area contributed by atoms with Crippen molar-refractivity contribution in [3.8, 4) is 0 Å². The summed E-state index contributed by atoms with van der Waals surface area (Å²) < 4.78 is 0. The lowest BCUT2D eigenvalue weighted by molar-refractivity contribution is 0.204. The lowest BCUT2D eigenvalue weighted by Crippen LogP contribution is -2.34. The number of nitrogens with zero attached hydrogens (tertiary/aromatic N) is 3. The third kappa shape index (κ3) is 3.00. The van der Waals surface area contributed by atoms with Gasteiger partial charge in [-0.05, 0) is 23.5 Å². The topological polar surface area (TPSA) is 45.0 Å². The van der Waals surface area contributed by atoms with Crippen LogP contribution in [0.15, 0.2) is 34.5 Å². The number of benzene rings is 1. The average Bonchev–Trinajstić information content (AvgIpc) is 2.69. The number of hydrogen-bond donors (Lipinski definition) is 0. The molecule has 1 aromatic carbocycles. The zero-order chi connectivity index (χ0) is 14.0. The van der Waals surface area contributed by atoms with Gasteiger partial charge in [-0.2, -0.15) is 5.11 Å². The largest absolute Gasteiger partial charge is 0.363 e. The second kappa shape index (κ2) is 5.11. The van der Waals surface area contributed by atoms with Gasteiger partial charge in [0.15, 0.2) is 6.17 Å². The van der Waals surface area contributed by atoms with E-state index >= 15 is 0 Å². The molecular formula is C15H21N3O. The Morgan fingerprint density at radius 3 is 2.37 bits per heavy atom. The quantitative estimate of drug-likeness (QED) is 0.815. The van der Waals surface area contributed by atoms with Crippen molar-refractivity contribution in [3.05, 3.63) is 35.4 Å². The van der Waals surface area contributed by atoms with Crippen LogP contribution in [0.5, 0.6) is 0 Å². The molecule has 4 nitrogen and oxygen atoms in total. The summed E-state index contributed by atoms with van der Waals surface area (Å²) in [6.07, 6.45) is 0.589. The Bertz CT molecular complexity index is 485. The van der Waals surface area contributed by atoms with Crippen LogP contribution in [0.2, 0.25) is 0 Å². The summed E-state index contributed by atoms with van der Waals surface area (Å²) in [6.45, 7) is 9.20. The summed E-state index contributed by atoms with van der Waals surface area (Å²) >= 11 is 0. The fraction of sp³-hybridized carbons (Fsp3) is 0.533. The molecule has 2 amide bonds. The number of hydrogen-bond acceptors (Lipinski definition) is 2. The van der Waals surface area contributed by atoms with Gasteiger partial charge in [0.1, 0.15) is 0 Å². The van der Waals surface area contributed by atoms with Crippen molar-refractivity contribution in [1.82, 2.24) is 4.90 Å². The van der Waals surface area contributed by atoms with Crippen LogP contribution in [-0.4, -0.2) is 23.6 Å². The Labute approximate surface area is 114 Å². The highest BCUT2D eigenvalue weighted by molar-refractivity contribution is 5.76. The molecule has 0 aromatic heterocycles. The molecular weight excluding hydrogens is 238 g/mol. The Morgan fingerprint density at radius 2 is 1.84 bits per heavy atom. The van der Waals surface area contributed by atoms with Crippen molar-refractivity contribution in [2.45, 2.75) is 45.7 Å². The normalized spacial score (nSPS) is 19.3. The van der Waals surface area contributed by atoms with Gasteiger partial charge in [-0.1, -0.05) is 50.2 Å². The van der Waals surface area contributed by atoms with E-state index in [1.165, 1.54) is 11.1 Å². The first-order valence-electron chi connectivity index (χ1n) is 6.72. The van der Waals surface area contributed by atoms with E-state index in [4.69, 9.17) is 0 Å². The zero-order valence-corrected chi connectivity index (χ0v) is 12.1. The Balaban J connectivity index is 2.08. The molecule has 1 atom stereocenters. The molecule has 0 saturated carbocycles. The van der Waals surface area contributed by atoms with Crippen LogP contribution in [0.25, 0.3) is 0 Å². The van der Waals surface area contributed by atoms with Crippen molar-refractivity contribution in [2.75, 3.05) is 6.54 Å². The van der Waals surface area contributed by atoms with E-state index in [9.17, 15) is 4.79 Å². The molecule has 19 heavy (non-hydrogen) atoms. The molecule has 0 bridgehead atoms. The van der Waals surface area contributed by atoms with E-state index in [2.05, 4.69) is 55.3 Å². The standard InChI is InChI=1S/C15H21N3O/c1-5-18-13(16-17-14(18)19)10-11-6-8-12(9-7-11)15(2,3)4/h6-9,13H,5,10H2,1-4H3. The minimum absolute atomic E-state index is 0.141. The molecule has 1 aromatic rings. The van der Waals surface area contributed by atoms with Crippen molar-refractivity contribution in [1.29, 1.82) is 0 Å². The predicted octanol–water partition coefficient (Wildman–Crippen LogP) is 3.76. The van der Waals surface area contributed by atoms with Gasteiger partial charge in [-0.3, -0.25) is 4.90 Å². The van der Waals surface area contributed by atoms with Crippen molar-refractivity contribution in [2.24, 2.45) is 10.2 Å². The highest BCUT2D eigenvalue weighted by atomic mass is 16.2. The van der Waals surface area contributed by atoms with Gasteiger partial charge in [-0.15, -0.1) is 0 Å². The van der Waals surface area contributed by atoms with Gasteiger partial charge in [-0.25, -0.2) is 4.79 Å². The predicted molar refractivity (Wildman–Crippen MR) is 75.3 cm³/mol. The maximum absolute atomic E-state index is 11.5. The first-order valence-corrected chi connectivity index (χ1v) is 6.72. The fourth-order valence-electron chi connectivity index (χ4n) is 2.21. The third-order valence-corrected chi connectivity index (χ3v) is 3.46. The first-order chi connectivity index (χ1) is 8.91. The van der Waals surface area contributed by atoms with E-state index in [0.29, 0.717) is 6.54 Å². The van der Waals surface area contributed by atoms with Gasteiger partial charge in [0.2, 0.25) is 0 Å². The van der Waals surface area contributed by atoms with Crippen LogP contribution in [0, 0.1) is 0 Å². The summed E-state index contributed by atoms with van der Waals surface area (Å²) in [5.41, 5.74) is 2.66. The van der Waals surface area contributed by atoms with Crippen LogP contribution >= 0.6 is 0 Å². The van der Waals surface area contributed by atoms with Crippen LogP contribution in [0.3, 0.4) is 0 Å². The minimum Gasteiger partial charge on any atom is -0.297 e. The van der Waals surface area contributed by atoms with Crippen molar-refractivity contribution >= 4 is 6.03 Å². The molecule has 0 fully saturated rings. The molecule has 1 unspecified atom stereocenters. The van der Waals surface area contributed by atoms with E-state index in [0.717, 1.165) is 6.42 Å². The smallest absolute Gasteiger partial charge is 0.297 e. The van der Waals surface area contributed by atoms with Crippen molar-refractivity contribution in [3.63, 3.8) is 0 Å². The number of likely N-dealkylation sites (N-methyl/N-ethyl adjacent to an activating group) is 1. The SMILES string of the molecule is CCN1C(=O)N=NC1Cc1ccc(C(C)(C)C)cc1. The first kappa shape index (κ1) is 13.7. The number of carbonyl (C=O) groups excluding carboxylic acids is 1. The monoisotopic (exact) mass is 259 g/mol. The number of rotatable bonds is 3. The maximum atomic E-state index is 11.5. The third-order valence-electron chi connectivity index (χ3n) is 3.46. The Hall–Kier alpha value is -1.71. The van der Waals surface area contributed by atoms with E-state index < -0.39 is 0 Å². The van der Waals surface area contributed by atoms with E-state index in [1.54, 1.807) is 4.90 Å². The molecule has 1 aliphatic heterocycles. The van der Waals surface area contributed by atoms with Crippen molar-refractivity contribution < 1.29 is 4.79 Å². The molecule has 0 saturated heterocycles. The fourth-order valence-corrected chi connectivity index (χ4v) is 2.21. The molecule has 0 N–H and O–H groups in total. The van der Waals surface area contributed by atoms with E-state index in [1.807, 2.05) is 6.92 Å². The number of carbonyl (C=O) groups is 1. The Morgan fingerprint density at radius 1 is 1.21 bits per heavy atom. The second-order valence-electron chi connectivity index (χ2n) is 5.92. The molecule has 1 aliphatic rings. The Kier molecular flexibility index (Phi) is 3.69. The lowest BCUT2D eigenvalue weighted by atomic mass is 9.86. The van der Waals surface area contributed by atoms with Crippen LogP contribution in [-0.2, 0) is 11.8 Å². The maximum Gasteiger partial charge on any atom is 0.363 e. The average molecular weight is 259 g/mol. The highest BCUT2D eigenvalue weighted by Gasteiger charge is 2.27. The summed E-state index contributed by atoms with van der Waals surface area (Å²) in [7, 11) is 0. The molecule has 2 rings (SSSR count). The summed E-state index contributed by atoms with van der Waals surface area (Å²) in [6, 6.07) is 8.32. The number of azo groups is 1. The molecule has 0 spiro atoms. The summed E-state index contributed by atoms with van der Waals surface area (Å²) in [5, 5.41) is 7.67. The zero-order valence-electron chi connectivity index (χ0n) is 12.1. The summed E-state index contributed by atoms with van der Waals surface area (Å²) in [5.74, 6) is 0. The van der Waals surface area contributed by atoms with Gasteiger partial charge in [0, 0.05) is 13.0 Å². The van der Waals surface area contributed by atoms with Crippen LogP contribution in [0.4, 0.5) is 4.79 Å². The van der Waals surface area contributed by atoms with Crippen LogP contribution in [0.1, 0.15) is 38.8 Å². The van der Waals surface area contributed by atoms with E-state index in [-0.39, 0.29) is 17.6 Å². The van der Waals surface area contributed by atoms with Gasteiger partial charge < -0.3 is 0 Å². The van der Waals surface area contributed by atoms with Gasteiger partial charge in [0.25, 0.3) is 0 Å². The van der Waals surface area contributed by atoms with Gasteiger partial charge >= 0.3 is 6.03 Å².